The summed E-state index contributed by atoms with van der Waals surface area (Å²) < 4.78 is 6.49. The van der Waals surface area contributed by atoms with Crippen LogP contribution < -0.4 is 4.74 Å². The number of thiophene rings is 1. The van der Waals surface area contributed by atoms with Crippen molar-refractivity contribution < 1.29 is 9.84 Å². The van der Waals surface area contributed by atoms with Crippen LogP contribution in [0.2, 0.25) is 0 Å². The summed E-state index contributed by atoms with van der Waals surface area (Å²) >= 11 is 4.89. The highest BCUT2D eigenvalue weighted by Gasteiger charge is 2.13. The minimum atomic E-state index is -0.654. The Bertz CT molecular complexity index is 515. The van der Waals surface area contributed by atoms with E-state index in [1.54, 1.807) is 12.4 Å². The first-order valence-corrected chi connectivity index (χ1v) is 7.37. The van der Waals surface area contributed by atoms with E-state index < -0.39 is 6.10 Å². The zero-order valence-electron chi connectivity index (χ0n) is 9.97. The first-order valence-electron chi connectivity index (χ1n) is 5.70. The summed E-state index contributed by atoms with van der Waals surface area (Å²) in [5, 5.41) is 12.2. The maximum absolute atomic E-state index is 10.2. The molecule has 0 aliphatic rings. The third-order valence-corrected chi connectivity index (χ3v) is 4.13. The minimum absolute atomic E-state index is 0.654. The molecule has 1 unspecified atom stereocenters. The molecule has 0 bridgehead atoms. The van der Waals surface area contributed by atoms with Crippen LogP contribution in [0.15, 0.2) is 34.4 Å². The minimum Gasteiger partial charge on any atom is -0.492 e. The molecule has 96 valence electrons. The molecule has 2 aromatic heterocycles. The van der Waals surface area contributed by atoms with Crippen molar-refractivity contribution >= 4 is 27.3 Å². The van der Waals surface area contributed by atoms with Crippen molar-refractivity contribution in [2.24, 2.45) is 0 Å². The molecule has 0 saturated heterocycles. The fraction of sp³-hybridized carbons (Fsp3) is 0.308. The molecule has 0 aromatic carbocycles. The topological polar surface area (TPSA) is 42.4 Å². The van der Waals surface area contributed by atoms with Gasteiger partial charge in [0.1, 0.15) is 11.9 Å². The van der Waals surface area contributed by atoms with Crippen LogP contribution in [0.4, 0.5) is 0 Å². The van der Waals surface area contributed by atoms with Crippen LogP contribution in [-0.4, -0.2) is 16.7 Å². The first kappa shape index (κ1) is 13.5. The van der Waals surface area contributed by atoms with Gasteiger partial charge in [0.2, 0.25) is 0 Å². The van der Waals surface area contributed by atoms with Gasteiger partial charge in [0.15, 0.2) is 0 Å². The Kier molecular flexibility index (Phi) is 4.74. The summed E-state index contributed by atoms with van der Waals surface area (Å²) in [6.07, 6.45) is 3.62. The van der Waals surface area contributed by atoms with E-state index >= 15 is 0 Å². The molecule has 0 aliphatic carbocycles. The monoisotopic (exact) mass is 327 g/mol. The predicted molar refractivity (Wildman–Crippen MR) is 76.1 cm³/mol. The number of pyridine rings is 1. The van der Waals surface area contributed by atoms with Gasteiger partial charge in [-0.05, 0) is 34.5 Å². The maximum atomic E-state index is 10.2. The van der Waals surface area contributed by atoms with Crippen LogP contribution in [-0.2, 0) is 0 Å². The van der Waals surface area contributed by atoms with E-state index in [1.807, 2.05) is 17.5 Å². The Morgan fingerprint density at radius 3 is 2.94 bits per heavy atom. The summed E-state index contributed by atoms with van der Waals surface area (Å²) in [4.78, 5) is 4.98. The van der Waals surface area contributed by atoms with Crippen molar-refractivity contribution in [3.8, 4) is 5.75 Å². The quantitative estimate of drug-likeness (QED) is 0.908. The van der Waals surface area contributed by atoms with Gasteiger partial charge in [0.25, 0.3) is 0 Å². The molecule has 0 aliphatic heterocycles. The molecule has 2 aromatic rings. The number of hydrogen-bond donors (Lipinski definition) is 1. The Morgan fingerprint density at radius 2 is 2.28 bits per heavy atom. The summed E-state index contributed by atoms with van der Waals surface area (Å²) in [7, 11) is 0. The van der Waals surface area contributed by atoms with E-state index in [9.17, 15) is 5.11 Å². The highest BCUT2D eigenvalue weighted by molar-refractivity contribution is 9.10. The van der Waals surface area contributed by atoms with Crippen LogP contribution in [0.3, 0.4) is 0 Å². The third kappa shape index (κ3) is 3.31. The largest absolute Gasteiger partial charge is 0.492 e. The fourth-order valence-electron chi connectivity index (χ4n) is 1.52. The predicted octanol–water partition coefficient (Wildman–Crippen LogP) is 3.78. The molecular weight excluding hydrogens is 314 g/mol. The van der Waals surface area contributed by atoms with E-state index in [4.69, 9.17) is 4.74 Å². The van der Waals surface area contributed by atoms with Crippen LogP contribution in [0.25, 0.3) is 0 Å². The lowest BCUT2D eigenvalue weighted by Gasteiger charge is -2.10. The SMILES string of the molecule is CCCOc1cncc(C(O)c2cc(Br)cs2)c1. The van der Waals surface area contributed by atoms with E-state index in [2.05, 4.69) is 27.8 Å². The van der Waals surface area contributed by atoms with E-state index in [-0.39, 0.29) is 0 Å². The average Bonchev–Trinajstić information content (AvgIpc) is 2.82. The molecular formula is C13H14BrNO2S. The lowest BCUT2D eigenvalue weighted by Crippen LogP contribution is -2.00. The molecule has 2 heterocycles. The molecule has 1 N–H and O–H groups in total. The molecule has 0 radical (unpaired) electrons. The van der Waals surface area contributed by atoms with Crippen LogP contribution >= 0.6 is 27.3 Å². The number of rotatable bonds is 5. The number of ether oxygens (including phenoxy) is 1. The molecule has 0 saturated carbocycles. The summed E-state index contributed by atoms with van der Waals surface area (Å²) in [6.45, 7) is 2.71. The molecule has 2 rings (SSSR count). The van der Waals surface area contributed by atoms with Crippen LogP contribution in [0.5, 0.6) is 5.75 Å². The average molecular weight is 328 g/mol. The molecule has 1 atom stereocenters. The van der Waals surface area contributed by atoms with Gasteiger partial charge in [0, 0.05) is 26.5 Å². The van der Waals surface area contributed by atoms with Gasteiger partial charge in [0.05, 0.1) is 12.8 Å². The van der Waals surface area contributed by atoms with Gasteiger partial charge in [-0.3, -0.25) is 4.98 Å². The van der Waals surface area contributed by atoms with Crippen molar-refractivity contribution in [3.05, 3.63) is 44.8 Å². The number of aliphatic hydroxyl groups excluding tert-OH is 1. The number of hydrogen-bond acceptors (Lipinski definition) is 4. The van der Waals surface area contributed by atoms with Gasteiger partial charge in [-0.2, -0.15) is 0 Å². The lowest BCUT2D eigenvalue weighted by atomic mass is 10.1. The lowest BCUT2D eigenvalue weighted by molar-refractivity contribution is 0.222. The van der Waals surface area contributed by atoms with E-state index in [0.717, 1.165) is 21.3 Å². The Morgan fingerprint density at radius 1 is 1.44 bits per heavy atom. The smallest absolute Gasteiger partial charge is 0.137 e. The number of nitrogens with zero attached hydrogens (tertiary/aromatic N) is 1. The zero-order chi connectivity index (χ0) is 13.0. The highest BCUT2D eigenvalue weighted by atomic mass is 79.9. The van der Waals surface area contributed by atoms with Crippen LogP contribution in [0.1, 0.15) is 29.9 Å². The molecule has 0 fully saturated rings. The van der Waals surface area contributed by atoms with Gasteiger partial charge in [-0.25, -0.2) is 0 Å². The van der Waals surface area contributed by atoms with Gasteiger partial charge in [-0.15, -0.1) is 11.3 Å². The molecule has 5 heteroatoms. The summed E-state index contributed by atoms with van der Waals surface area (Å²) in [5.41, 5.74) is 0.748. The van der Waals surface area contributed by atoms with Crippen molar-refractivity contribution in [2.45, 2.75) is 19.4 Å². The second-order valence-electron chi connectivity index (χ2n) is 3.87. The summed E-state index contributed by atoms with van der Waals surface area (Å²) in [6, 6.07) is 3.75. The molecule has 0 spiro atoms. The normalized spacial score (nSPS) is 12.4. The van der Waals surface area contributed by atoms with Gasteiger partial charge < -0.3 is 9.84 Å². The number of halogens is 1. The molecule has 0 amide bonds. The van der Waals surface area contributed by atoms with Crippen molar-refractivity contribution in [1.82, 2.24) is 4.98 Å². The second-order valence-corrected chi connectivity index (χ2v) is 5.73. The van der Waals surface area contributed by atoms with Crippen molar-refractivity contribution in [2.75, 3.05) is 6.61 Å². The van der Waals surface area contributed by atoms with Gasteiger partial charge in [-0.1, -0.05) is 6.92 Å². The number of aliphatic hydroxyl groups is 1. The van der Waals surface area contributed by atoms with E-state index in [1.165, 1.54) is 11.3 Å². The fourth-order valence-corrected chi connectivity index (χ4v) is 2.98. The maximum Gasteiger partial charge on any atom is 0.137 e. The van der Waals surface area contributed by atoms with Gasteiger partial charge >= 0.3 is 0 Å². The third-order valence-electron chi connectivity index (χ3n) is 2.38. The van der Waals surface area contributed by atoms with E-state index in [0.29, 0.717) is 12.4 Å². The van der Waals surface area contributed by atoms with Crippen molar-refractivity contribution in [3.63, 3.8) is 0 Å². The Balaban J connectivity index is 2.17. The molecule has 18 heavy (non-hydrogen) atoms. The second kappa shape index (κ2) is 6.31. The zero-order valence-corrected chi connectivity index (χ0v) is 12.4. The van der Waals surface area contributed by atoms with Crippen molar-refractivity contribution in [1.29, 1.82) is 0 Å². The molecule has 3 nitrogen and oxygen atoms in total. The first-order chi connectivity index (χ1) is 8.70. The van der Waals surface area contributed by atoms with Crippen LogP contribution in [0, 0.1) is 0 Å². The summed E-state index contributed by atoms with van der Waals surface area (Å²) in [5.74, 6) is 0.698. The standard InChI is InChI=1S/C13H14BrNO2S/c1-2-3-17-11-4-9(6-15-7-11)13(16)12-5-10(14)8-18-12/h4-8,13,16H,2-3H2,1H3. The highest BCUT2D eigenvalue weighted by Crippen LogP contribution is 2.30. The Labute approximate surface area is 119 Å². The Hall–Kier alpha value is -0.910. The number of aromatic nitrogens is 1.